The second-order valence-electron chi connectivity index (χ2n) is 6.95. The van der Waals surface area contributed by atoms with E-state index in [0.717, 1.165) is 5.69 Å². The summed E-state index contributed by atoms with van der Waals surface area (Å²) in [4.78, 5) is 36.4. The van der Waals surface area contributed by atoms with Crippen LogP contribution < -0.4 is 16.0 Å². The molecule has 6 nitrogen and oxygen atoms in total. The van der Waals surface area contributed by atoms with Crippen molar-refractivity contribution in [3.63, 3.8) is 0 Å². The molecule has 3 N–H and O–H groups in total. The number of primary amides is 1. The molecule has 0 heterocycles. The van der Waals surface area contributed by atoms with Gasteiger partial charge in [0.1, 0.15) is 6.04 Å². The molecule has 0 radical (unpaired) electrons. The highest BCUT2D eigenvalue weighted by molar-refractivity contribution is 5.98. The monoisotopic (exact) mass is 333 g/mol. The Kier molecular flexibility index (Phi) is 6.51. The van der Waals surface area contributed by atoms with Crippen LogP contribution in [0.3, 0.4) is 0 Å². The molecule has 132 valence electrons. The molecule has 0 aliphatic heterocycles. The summed E-state index contributed by atoms with van der Waals surface area (Å²) < 4.78 is 0. The second-order valence-corrected chi connectivity index (χ2v) is 6.95. The van der Waals surface area contributed by atoms with Gasteiger partial charge in [-0.15, -0.1) is 0 Å². The largest absolute Gasteiger partial charge is 0.370 e. The van der Waals surface area contributed by atoms with Gasteiger partial charge in [-0.1, -0.05) is 32.9 Å². The summed E-state index contributed by atoms with van der Waals surface area (Å²) >= 11 is 0. The number of benzene rings is 1. The summed E-state index contributed by atoms with van der Waals surface area (Å²) in [5.74, 6) is -1.11. The lowest BCUT2D eigenvalue weighted by Crippen LogP contribution is -2.47. The van der Waals surface area contributed by atoms with Crippen molar-refractivity contribution in [2.24, 2.45) is 5.73 Å². The predicted octanol–water partition coefficient (Wildman–Crippen LogP) is 1.72. The minimum atomic E-state index is -0.776. The first-order valence-corrected chi connectivity index (χ1v) is 7.96. The Morgan fingerprint density at radius 3 is 2.12 bits per heavy atom. The van der Waals surface area contributed by atoms with E-state index < -0.39 is 11.9 Å². The first-order valence-electron chi connectivity index (χ1n) is 7.96. The molecule has 0 unspecified atom stereocenters. The van der Waals surface area contributed by atoms with Gasteiger partial charge in [-0.05, 0) is 29.5 Å². The Morgan fingerprint density at radius 2 is 1.71 bits per heavy atom. The molecule has 0 bridgehead atoms. The minimum absolute atomic E-state index is 0.0291. The smallest absolute Gasteiger partial charge is 0.249 e. The van der Waals surface area contributed by atoms with Crippen LogP contribution in [0.15, 0.2) is 24.3 Å². The molecule has 0 spiro atoms. The number of nitrogens with one attached hydrogen (secondary N) is 1. The average molecular weight is 333 g/mol. The molecule has 6 heteroatoms. The number of hydrogen-bond donors (Lipinski definition) is 2. The summed E-state index contributed by atoms with van der Waals surface area (Å²) in [6.45, 7) is 7.69. The maximum atomic E-state index is 12.6. The summed E-state index contributed by atoms with van der Waals surface area (Å²) in [5, 5.41) is 2.58. The highest BCUT2D eigenvalue weighted by atomic mass is 16.2. The van der Waals surface area contributed by atoms with Crippen LogP contribution >= 0.6 is 0 Å². The third-order valence-corrected chi connectivity index (χ3v) is 3.81. The van der Waals surface area contributed by atoms with Crippen molar-refractivity contribution in [2.45, 2.75) is 52.0 Å². The highest BCUT2D eigenvalue weighted by Gasteiger charge is 2.24. The fourth-order valence-corrected chi connectivity index (χ4v) is 2.34. The molecule has 1 aromatic rings. The molecule has 1 aromatic carbocycles. The lowest BCUT2D eigenvalue weighted by atomic mass is 9.87. The van der Waals surface area contributed by atoms with Gasteiger partial charge in [0, 0.05) is 26.1 Å². The molecule has 0 aliphatic carbocycles. The van der Waals surface area contributed by atoms with Crippen LogP contribution in [0.1, 0.15) is 46.1 Å². The molecule has 0 aliphatic rings. The Labute approximate surface area is 143 Å². The SMILES string of the molecule is CC(=O)N[C@@H](CCC(N)=O)C(=O)N(C)c1ccc(C(C)(C)C)cc1. The minimum Gasteiger partial charge on any atom is -0.370 e. The quantitative estimate of drug-likeness (QED) is 0.830. The fraction of sp³-hybridized carbons (Fsp3) is 0.500. The van der Waals surface area contributed by atoms with E-state index in [0.29, 0.717) is 0 Å². The van der Waals surface area contributed by atoms with Crippen molar-refractivity contribution in [3.8, 4) is 0 Å². The van der Waals surface area contributed by atoms with E-state index in [9.17, 15) is 14.4 Å². The second kappa shape index (κ2) is 7.95. The highest BCUT2D eigenvalue weighted by Crippen LogP contribution is 2.25. The van der Waals surface area contributed by atoms with Gasteiger partial charge in [0.25, 0.3) is 0 Å². The van der Waals surface area contributed by atoms with Crippen LogP contribution in [0.4, 0.5) is 5.69 Å². The zero-order valence-electron chi connectivity index (χ0n) is 15.1. The van der Waals surface area contributed by atoms with Crippen LogP contribution in [0.5, 0.6) is 0 Å². The van der Waals surface area contributed by atoms with Crippen molar-refractivity contribution in [1.29, 1.82) is 0 Å². The summed E-state index contributed by atoms with van der Waals surface area (Å²) in [5.41, 5.74) is 7.06. The van der Waals surface area contributed by atoms with Crippen LogP contribution in [-0.4, -0.2) is 30.8 Å². The maximum absolute atomic E-state index is 12.6. The van der Waals surface area contributed by atoms with Crippen molar-refractivity contribution in [3.05, 3.63) is 29.8 Å². The molecule has 0 fully saturated rings. The molecule has 0 saturated carbocycles. The van der Waals surface area contributed by atoms with Gasteiger partial charge in [-0.25, -0.2) is 0 Å². The van der Waals surface area contributed by atoms with Crippen LogP contribution in [-0.2, 0) is 19.8 Å². The summed E-state index contributed by atoms with van der Waals surface area (Å²) in [7, 11) is 1.65. The molecule has 1 atom stereocenters. The average Bonchev–Trinajstić information content (AvgIpc) is 2.48. The lowest BCUT2D eigenvalue weighted by Gasteiger charge is -2.25. The zero-order valence-corrected chi connectivity index (χ0v) is 15.1. The fourth-order valence-electron chi connectivity index (χ4n) is 2.34. The third kappa shape index (κ3) is 5.68. The Hall–Kier alpha value is -2.37. The number of likely N-dealkylation sites (N-methyl/N-ethyl adjacent to an activating group) is 1. The standard InChI is InChI=1S/C18H27N3O3/c1-12(22)20-15(10-11-16(19)23)17(24)21(5)14-8-6-13(7-9-14)18(2,3)4/h6-9,15H,10-11H2,1-5H3,(H2,19,23)(H,20,22)/t15-/m0/s1. The zero-order chi connectivity index (χ0) is 18.5. The number of nitrogens with two attached hydrogens (primary N) is 1. The van der Waals surface area contributed by atoms with E-state index in [4.69, 9.17) is 5.73 Å². The predicted molar refractivity (Wildman–Crippen MR) is 94.6 cm³/mol. The van der Waals surface area contributed by atoms with Gasteiger partial charge >= 0.3 is 0 Å². The van der Waals surface area contributed by atoms with E-state index in [1.807, 2.05) is 24.3 Å². The van der Waals surface area contributed by atoms with Gasteiger partial charge in [-0.2, -0.15) is 0 Å². The van der Waals surface area contributed by atoms with Gasteiger partial charge in [0.15, 0.2) is 0 Å². The Morgan fingerprint density at radius 1 is 1.17 bits per heavy atom. The number of anilines is 1. The molecular formula is C18H27N3O3. The van der Waals surface area contributed by atoms with Crippen LogP contribution in [0, 0.1) is 0 Å². The Bertz CT molecular complexity index is 603. The molecule has 0 saturated heterocycles. The van der Waals surface area contributed by atoms with Crippen molar-refractivity contribution in [2.75, 3.05) is 11.9 Å². The molecule has 0 aromatic heterocycles. The van der Waals surface area contributed by atoms with E-state index in [1.165, 1.54) is 17.4 Å². The molecule has 1 rings (SSSR count). The van der Waals surface area contributed by atoms with Crippen LogP contribution in [0.25, 0.3) is 0 Å². The number of rotatable bonds is 6. The van der Waals surface area contributed by atoms with Gasteiger partial charge in [-0.3, -0.25) is 14.4 Å². The van der Waals surface area contributed by atoms with E-state index in [2.05, 4.69) is 26.1 Å². The molecule has 3 amide bonds. The van der Waals surface area contributed by atoms with Crippen molar-refractivity contribution < 1.29 is 14.4 Å². The normalized spacial score (nSPS) is 12.4. The summed E-state index contributed by atoms with van der Waals surface area (Å²) in [6.07, 6.45) is 0.214. The Balaban J connectivity index is 2.92. The first-order chi connectivity index (χ1) is 11.0. The van der Waals surface area contributed by atoms with E-state index >= 15 is 0 Å². The first kappa shape index (κ1) is 19.7. The summed E-state index contributed by atoms with van der Waals surface area (Å²) in [6, 6.07) is 6.93. The van der Waals surface area contributed by atoms with Gasteiger partial charge in [0.2, 0.25) is 17.7 Å². The van der Waals surface area contributed by atoms with Crippen LogP contribution in [0.2, 0.25) is 0 Å². The topological polar surface area (TPSA) is 92.5 Å². The van der Waals surface area contributed by atoms with E-state index in [1.54, 1.807) is 7.05 Å². The van der Waals surface area contributed by atoms with Crippen molar-refractivity contribution in [1.82, 2.24) is 5.32 Å². The lowest BCUT2D eigenvalue weighted by molar-refractivity contribution is -0.127. The van der Waals surface area contributed by atoms with Gasteiger partial charge < -0.3 is 16.0 Å². The van der Waals surface area contributed by atoms with E-state index in [-0.39, 0.29) is 30.1 Å². The maximum Gasteiger partial charge on any atom is 0.249 e. The van der Waals surface area contributed by atoms with Crippen molar-refractivity contribution >= 4 is 23.4 Å². The number of carbonyl (C=O) groups excluding carboxylic acids is 3. The van der Waals surface area contributed by atoms with Gasteiger partial charge in [0.05, 0.1) is 0 Å². The number of hydrogen-bond acceptors (Lipinski definition) is 3. The number of amides is 3. The number of nitrogens with zero attached hydrogens (tertiary/aromatic N) is 1. The molecule has 24 heavy (non-hydrogen) atoms. The third-order valence-electron chi connectivity index (χ3n) is 3.81. The number of carbonyl (C=O) groups is 3. The molecular weight excluding hydrogens is 306 g/mol.